The second kappa shape index (κ2) is 7.14. The quantitative estimate of drug-likeness (QED) is 0.776. The van der Waals surface area contributed by atoms with Gasteiger partial charge in [-0.3, -0.25) is 4.79 Å². The predicted octanol–water partition coefficient (Wildman–Crippen LogP) is 3.97. The van der Waals surface area contributed by atoms with Gasteiger partial charge in [0.2, 0.25) is 0 Å². The fourth-order valence-corrected chi connectivity index (χ4v) is 3.97. The van der Waals surface area contributed by atoms with Gasteiger partial charge in [-0.2, -0.15) is 0 Å². The number of carbonyl (C=O) groups is 1. The molecular formula is C21H28N2O3. The first-order valence-corrected chi connectivity index (χ1v) is 9.16. The monoisotopic (exact) mass is 356 g/mol. The van der Waals surface area contributed by atoms with Crippen molar-refractivity contribution in [3.63, 3.8) is 0 Å². The summed E-state index contributed by atoms with van der Waals surface area (Å²) in [4.78, 5) is 19.3. The molecule has 0 saturated carbocycles. The van der Waals surface area contributed by atoms with E-state index >= 15 is 0 Å². The zero-order chi connectivity index (χ0) is 18.9. The number of esters is 1. The third kappa shape index (κ3) is 3.22. The average molecular weight is 356 g/mol. The Balaban J connectivity index is 2.00. The first-order chi connectivity index (χ1) is 12.4. The van der Waals surface area contributed by atoms with Crippen molar-refractivity contribution in [3.05, 3.63) is 30.0 Å². The summed E-state index contributed by atoms with van der Waals surface area (Å²) in [6, 6.07) is 8.17. The minimum atomic E-state index is -0.497. The molecule has 5 heteroatoms. The van der Waals surface area contributed by atoms with Crippen molar-refractivity contribution in [3.8, 4) is 5.75 Å². The number of nitrogens with zero attached hydrogens (tertiary/aromatic N) is 2. The number of para-hydroxylation sites is 1. The third-order valence-corrected chi connectivity index (χ3v) is 5.62. The van der Waals surface area contributed by atoms with E-state index in [1.807, 2.05) is 32.9 Å². The van der Waals surface area contributed by atoms with Crippen molar-refractivity contribution in [2.75, 3.05) is 32.2 Å². The molecule has 0 N–H and O–H groups in total. The van der Waals surface area contributed by atoms with Crippen LogP contribution in [0.5, 0.6) is 5.75 Å². The maximum atomic E-state index is 12.3. The van der Waals surface area contributed by atoms with E-state index < -0.39 is 5.41 Å². The smallest absolute Gasteiger partial charge is 0.311 e. The molecule has 1 aliphatic heterocycles. The topological polar surface area (TPSA) is 51.7 Å². The predicted molar refractivity (Wildman–Crippen MR) is 104 cm³/mol. The fourth-order valence-electron chi connectivity index (χ4n) is 3.97. The Morgan fingerprint density at radius 2 is 2.08 bits per heavy atom. The summed E-state index contributed by atoms with van der Waals surface area (Å²) in [5.74, 6) is 0.899. The minimum absolute atomic E-state index is 0.137. The van der Waals surface area contributed by atoms with E-state index in [1.54, 1.807) is 7.11 Å². The molecular weight excluding hydrogens is 328 g/mol. The minimum Gasteiger partial charge on any atom is -0.494 e. The van der Waals surface area contributed by atoms with Gasteiger partial charge >= 0.3 is 5.97 Å². The van der Waals surface area contributed by atoms with Gasteiger partial charge in [0.1, 0.15) is 11.3 Å². The zero-order valence-electron chi connectivity index (χ0n) is 16.3. The molecule has 0 bridgehead atoms. The highest BCUT2D eigenvalue weighted by molar-refractivity contribution is 5.95. The highest BCUT2D eigenvalue weighted by atomic mass is 16.5. The van der Waals surface area contributed by atoms with Gasteiger partial charge in [-0.05, 0) is 51.7 Å². The van der Waals surface area contributed by atoms with Gasteiger partial charge in [0, 0.05) is 29.9 Å². The van der Waals surface area contributed by atoms with Crippen LogP contribution < -0.4 is 9.64 Å². The Labute approximate surface area is 155 Å². The van der Waals surface area contributed by atoms with E-state index in [1.165, 1.54) is 7.11 Å². The van der Waals surface area contributed by atoms with Crippen molar-refractivity contribution >= 4 is 22.6 Å². The van der Waals surface area contributed by atoms with E-state index in [9.17, 15) is 4.79 Å². The van der Waals surface area contributed by atoms with Crippen molar-refractivity contribution in [2.45, 2.75) is 33.6 Å². The lowest BCUT2D eigenvalue weighted by atomic mass is 9.74. The van der Waals surface area contributed by atoms with Gasteiger partial charge in [0.05, 0.1) is 19.6 Å². The van der Waals surface area contributed by atoms with Crippen LogP contribution in [0, 0.1) is 18.3 Å². The van der Waals surface area contributed by atoms with Crippen LogP contribution in [0.1, 0.15) is 32.4 Å². The summed E-state index contributed by atoms with van der Waals surface area (Å²) in [6.45, 7) is 7.80. The molecule has 0 radical (unpaired) electrons. The van der Waals surface area contributed by atoms with Crippen LogP contribution in [0.25, 0.3) is 10.9 Å². The Hall–Kier alpha value is -2.30. The molecule has 140 valence electrons. The number of aromatic nitrogens is 1. The van der Waals surface area contributed by atoms with Gasteiger partial charge in [-0.1, -0.05) is 12.1 Å². The molecule has 0 aliphatic carbocycles. The highest BCUT2D eigenvalue weighted by Crippen LogP contribution is 2.39. The number of aryl methyl sites for hydroxylation is 1. The maximum absolute atomic E-state index is 12.3. The van der Waals surface area contributed by atoms with Crippen LogP contribution in [0.4, 0.5) is 5.69 Å². The standard InChI is InChI=1S/C21H28N2O3/c1-14-12-17(16-9-6-10-18(25-4)19(16)22-14)23-11-7-8-15(13-23)21(2,3)20(24)26-5/h6,9-10,12,15H,7-8,11,13H2,1-5H3. The summed E-state index contributed by atoms with van der Waals surface area (Å²) >= 11 is 0. The van der Waals surface area contributed by atoms with Gasteiger partial charge in [0.25, 0.3) is 0 Å². The molecule has 1 atom stereocenters. The normalized spacial score (nSPS) is 18.0. The summed E-state index contributed by atoms with van der Waals surface area (Å²) in [5, 5.41) is 1.09. The van der Waals surface area contributed by atoms with Crippen LogP contribution >= 0.6 is 0 Å². The third-order valence-electron chi connectivity index (χ3n) is 5.62. The molecule has 2 heterocycles. The highest BCUT2D eigenvalue weighted by Gasteiger charge is 2.40. The molecule has 5 nitrogen and oxygen atoms in total. The molecule has 1 aliphatic rings. The number of pyridine rings is 1. The number of methoxy groups -OCH3 is 2. The van der Waals surface area contributed by atoms with E-state index in [0.717, 1.165) is 54.0 Å². The van der Waals surface area contributed by atoms with Crippen molar-refractivity contribution in [1.29, 1.82) is 0 Å². The first kappa shape index (κ1) is 18.5. The van der Waals surface area contributed by atoms with Crippen molar-refractivity contribution in [1.82, 2.24) is 4.98 Å². The van der Waals surface area contributed by atoms with E-state index in [-0.39, 0.29) is 11.9 Å². The number of carbonyl (C=O) groups excluding carboxylic acids is 1. The number of benzene rings is 1. The number of rotatable bonds is 4. The second-order valence-corrected chi connectivity index (χ2v) is 7.64. The van der Waals surface area contributed by atoms with E-state index in [4.69, 9.17) is 9.47 Å². The van der Waals surface area contributed by atoms with Crippen molar-refractivity contribution in [2.24, 2.45) is 11.3 Å². The lowest BCUT2D eigenvalue weighted by Crippen LogP contribution is -2.45. The zero-order valence-corrected chi connectivity index (χ0v) is 16.3. The van der Waals surface area contributed by atoms with Gasteiger partial charge in [-0.25, -0.2) is 4.98 Å². The molecule has 0 amide bonds. The Morgan fingerprint density at radius 3 is 2.77 bits per heavy atom. The van der Waals surface area contributed by atoms with Crippen LogP contribution in [0.15, 0.2) is 24.3 Å². The summed E-state index contributed by atoms with van der Waals surface area (Å²) < 4.78 is 10.5. The van der Waals surface area contributed by atoms with Gasteiger partial charge in [-0.15, -0.1) is 0 Å². The number of piperidine rings is 1. The molecule has 1 unspecified atom stereocenters. The summed E-state index contributed by atoms with van der Waals surface area (Å²) in [6.07, 6.45) is 2.09. The van der Waals surface area contributed by atoms with Crippen molar-refractivity contribution < 1.29 is 14.3 Å². The lowest BCUT2D eigenvalue weighted by Gasteiger charge is -2.41. The summed E-state index contributed by atoms with van der Waals surface area (Å²) in [7, 11) is 3.14. The van der Waals surface area contributed by atoms with E-state index in [0.29, 0.717) is 0 Å². The maximum Gasteiger partial charge on any atom is 0.311 e. The van der Waals surface area contributed by atoms with Crippen LogP contribution in [-0.2, 0) is 9.53 Å². The SMILES string of the molecule is COC(=O)C(C)(C)C1CCCN(c2cc(C)nc3c(OC)cccc23)C1. The molecule has 2 aromatic rings. The molecule has 1 saturated heterocycles. The fraction of sp³-hybridized carbons (Fsp3) is 0.524. The molecule has 1 aromatic heterocycles. The van der Waals surface area contributed by atoms with Gasteiger partial charge < -0.3 is 14.4 Å². The Bertz CT molecular complexity index is 816. The van der Waals surface area contributed by atoms with Crippen LogP contribution in [-0.4, -0.2) is 38.3 Å². The Morgan fingerprint density at radius 1 is 1.31 bits per heavy atom. The van der Waals surface area contributed by atoms with E-state index in [2.05, 4.69) is 22.0 Å². The van der Waals surface area contributed by atoms with Crippen LogP contribution in [0.3, 0.4) is 0 Å². The molecule has 0 spiro atoms. The molecule has 26 heavy (non-hydrogen) atoms. The average Bonchev–Trinajstić information content (AvgIpc) is 2.66. The summed E-state index contributed by atoms with van der Waals surface area (Å²) in [5.41, 5.74) is 2.52. The van der Waals surface area contributed by atoms with Gasteiger partial charge in [0.15, 0.2) is 0 Å². The number of hydrogen-bond donors (Lipinski definition) is 0. The molecule has 1 fully saturated rings. The number of ether oxygens (including phenoxy) is 2. The molecule has 1 aromatic carbocycles. The Kier molecular flexibility index (Phi) is 5.08. The number of hydrogen-bond acceptors (Lipinski definition) is 5. The number of anilines is 1. The molecule has 3 rings (SSSR count). The lowest BCUT2D eigenvalue weighted by molar-refractivity contribution is -0.154. The van der Waals surface area contributed by atoms with Crippen LogP contribution in [0.2, 0.25) is 0 Å². The number of fused-ring (bicyclic) bond motifs is 1. The largest absolute Gasteiger partial charge is 0.494 e. The first-order valence-electron chi connectivity index (χ1n) is 9.16. The second-order valence-electron chi connectivity index (χ2n) is 7.64.